The van der Waals surface area contributed by atoms with E-state index in [1.165, 1.54) is 12.2 Å². The molecule has 0 fully saturated rings. The summed E-state index contributed by atoms with van der Waals surface area (Å²) in [4.78, 5) is 10.2. The zero-order valence-electron chi connectivity index (χ0n) is 5.05. The number of halogens is 2. The summed E-state index contributed by atoms with van der Waals surface area (Å²) in [6.45, 7) is 3.29. The molecule has 1 atom stereocenters. The molecule has 10 heavy (non-hydrogen) atoms. The third kappa shape index (κ3) is 3.54. The molecule has 0 saturated carbocycles. The summed E-state index contributed by atoms with van der Waals surface area (Å²) in [5.41, 5.74) is 0. The quantitative estimate of drug-likeness (QED) is 0.677. The average Bonchev–Trinajstić information content (AvgIpc) is 1.81. The second-order valence-electron chi connectivity index (χ2n) is 1.56. The van der Waals surface area contributed by atoms with Crippen LogP contribution in [0, 0.1) is 5.92 Å². The van der Waals surface area contributed by atoms with Crippen molar-refractivity contribution in [3.63, 3.8) is 0 Å². The Morgan fingerprint density at radius 3 is 2.20 bits per heavy atom. The van der Waals surface area contributed by atoms with Gasteiger partial charge in [0.2, 0.25) is 0 Å². The van der Waals surface area contributed by atoms with Crippen molar-refractivity contribution in [1.82, 2.24) is 0 Å². The number of hydrogen-bond donors (Lipinski definition) is 1. The summed E-state index contributed by atoms with van der Waals surface area (Å²) < 4.78 is -0.0627. The van der Waals surface area contributed by atoms with Crippen LogP contribution in [0.15, 0.2) is 23.2 Å². The maximum absolute atomic E-state index is 10.2. The number of carboxylic acid groups (broad SMARTS) is 1. The monoisotopic (exact) mass is 180 g/mol. The van der Waals surface area contributed by atoms with Gasteiger partial charge < -0.3 is 5.11 Å². The molecule has 0 amide bonds. The van der Waals surface area contributed by atoms with Gasteiger partial charge in [-0.3, -0.25) is 4.79 Å². The Hall–Kier alpha value is -0.470. The minimum Gasteiger partial charge on any atom is -0.481 e. The Balaban J connectivity index is 4.23. The first-order valence-electron chi connectivity index (χ1n) is 2.46. The van der Waals surface area contributed by atoms with E-state index in [0.29, 0.717) is 0 Å². The first kappa shape index (κ1) is 9.53. The summed E-state index contributed by atoms with van der Waals surface area (Å²) in [7, 11) is 0. The molecule has 0 aliphatic carbocycles. The molecule has 0 bridgehead atoms. The molecular weight excluding hydrogens is 175 g/mol. The fourth-order valence-corrected chi connectivity index (χ4v) is 0.647. The van der Waals surface area contributed by atoms with Crippen molar-refractivity contribution < 1.29 is 9.90 Å². The number of hydrogen-bond acceptors (Lipinski definition) is 1. The molecule has 0 saturated heterocycles. The standard InChI is InChI=1S/C6H6Cl2O2/c1-2-4(6(9)10)3-5(7)8/h2-4H,1H2,(H,9,10). The third-order valence-corrected chi connectivity index (χ3v) is 1.10. The largest absolute Gasteiger partial charge is 0.481 e. The minimum absolute atomic E-state index is 0.0627. The maximum atomic E-state index is 10.2. The van der Waals surface area contributed by atoms with E-state index in [0.717, 1.165) is 0 Å². The number of aliphatic carboxylic acids is 1. The number of carbonyl (C=O) groups is 1. The summed E-state index contributed by atoms with van der Waals surface area (Å²) >= 11 is 10.4. The Kier molecular flexibility index (Phi) is 4.16. The van der Waals surface area contributed by atoms with Gasteiger partial charge in [-0.15, -0.1) is 6.58 Å². The predicted molar refractivity (Wildman–Crippen MR) is 41.1 cm³/mol. The summed E-state index contributed by atoms with van der Waals surface area (Å²) in [6, 6.07) is 0. The van der Waals surface area contributed by atoms with E-state index in [2.05, 4.69) is 6.58 Å². The molecule has 4 heteroatoms. The second kappa shape index (κ2) is 4.36. The van der Waals surface area contributed by atoms with Crippen LogP contribution >= 0.6 is 23.2 Å². The van der Waals surface area contributed by atoms with Gasteiger partial charge in [0.15, 0.2) is 0 Å². The van der Waals surface area contributed by atoms with Gasteiger partial charge in [0.1, 0.15) is 4.49 Å². The average molecular weight is 181 g/mol. The van der Waals surface area contributed by atoms with Crippen LogP contribution in [-0.2, 0) is 4.79 Å². The lowest BCUT2D eigenvalue weighted by atomic mass is 10.1. The van der Waals surface area contributed by atoms with Crippen molar-refractivity contribution in [2.75, 3.05) is 0 Å². The zero-order chi connectivity index (χ0) is 8.15. The smallest absolute Gasteiger partial charge is 0.314 e. The Morgan fingerprint density at radius 1 is 1.60 bits per heavy atom. The van der Waals surface area contributed by atoms with Crippen LogP contribution in [0.1, 0.15) is 0 Å². The molecule has 0 heterocycles. The van der Waals surface area contributed by atoms with E-state index in [9.17, 15) is 4.79 Å². The molecule has 0 aliphatic rings. The van der Waals surface area contributed by atoms with Crippen molar-refractivity contribution in [3.05, 3.63) is 23.2 Å². The minimum atomic E-state index is -1.02. The molecule has 0 aromatic heterocycles. The van der Waals surface area contributed by atoms with Crippen LogP contribution in [0.2, 0.25) is 0 Å². The lowest BCUT2D eigenvalue weighted by molar-refractivity contribution is -0.138. The van der Waals surface area contributed by atoms with Gasteiger partial charge in [-0.25, -0.2) is 0 Å². The normalized spacial score (nSPS) is 11.8. The van der Waals surface area contributed by atoms with Crippen molar-refractivity contribution >= 4 is 29.2 Å². The summed E-state index contributed by atoms with van der Waals surface area (Å²) in [5.74, 6) is -1.82. The van der Waals surface area contributed by atoms with Crippen LogP contribution in [0.25, 0.3) is 0 Å². The molecule has 0 aromatic rings. The molecule has 0 radical (unpaired) electrons. The van der Waals surface area contributed by atoms with Crippen LogP contribution in [0.4, 0.5) is 0 Å². The fourth-order valence-electron chi connectivity index (χ4n) is 0.376. The Bertz CT molecular complexity index is 171. The first-order valence-corrected chi connectivity index (χ1v) is 3.21. The molecule has 56 valence electrons. The molecule has 2 nitrogen and oxygen atoms in total. The highest BCUT2D eigenvalue weighted by Gasteiger charge is 2.09. The van der Waals surface area contributed by atoms with Crippen molar-refractivity contribution in [1.29, 1.82) is 0 Å². The summed E-state index contributed by atoms with van der Waals surface area (Å²) in [5, 5.41) is 8.39. The van der Waals surface area contributed by atoms with Crippen molar-refractivity contribution in [2.45, 2.75) is 0 Å². The molecular formula is C6H6Cl2O2. The first-order chi connectivity index (χ1) is 4.57. The van der Waals surface area contributed by atoms with Gasteiger partial charge in [0.05, 0.1) is 5.92 Å². The second-order valence-corrected chi connectivity index (χ2v) is 2.56. The molecule has 0 spiro atoms. The van der Waals surface area contributed by atoms with Crippen LogP contribution in [0.5, 0.6) is 0 Å². The van der Waals surface area contributed by atoms with E-state index < -0.39 is 11.9 Å². The van der Waals surface area contributed by atoms with Gasteiger partial charge in [-0.05, 0) is 6.08 Å². The fraction of sp³-hybridized carbons (Fsp3) is 0.167. The van der Waals surface area contributed by atoms with E-state index in [1.54, 1.807) is 0 Å². The van der Waals surface area contributed by atoms with E-state index in [4.69, 9.17) is 28.3 Å². The maximum Gasteiger partial charge on any atom is 0.314 e. The predicted octanol–water partition coefficient (Wildman–Crippen LogP) is 2.19. The third-order valence-electron chi connectivity index (χ3n) is 0.845. The lowest BCUT2D eigenvalue weighted by Gasteiger charge is -1.97. The van der Waals surface area contributed by atoms with E-state index >= 15 is 0 Å². The SMILES string of the molecule is C=CC(C=C(Cl)Cl)C(=O)O. The van der Waals surface area contributed by atoms with Gasteiger partial charge in [-0.2, -0.15) is 0 Å². The van der Waals surface area contributed by atoms with Gasteiger partial charge in [0, 0.05) is 0 Å². The van der Waals surface area contributed by atoms with Crippen LogP contribution < -0.4 is 0 Å². The van der Waals surface area contributed by atoms with Gasteiger partial charge >= 0.3 is 5.97 Å². The summed E-state index contributed by atoms with van der Waals surface area (Å²) in [6.07, 6.45) is 2.44. The molecule has 0 rings (SSSR count). The van der Waals surface area contributed by atoms with Gasteiger partial charge in [0.25, 0.3) is 0 Å². The molecule has 0 aromatic carbocycles. The van der Waals surface area contributed by atoms with Gasteiger partial charge in [-0.1, -0.05) is 29.3 Å². The zero-order valence-corrected chi connectivity index (χ0v) is 6.56. The van der Waals surface area contributed by atoms with E-state index in [-0.39, 0.29) is 4.49 Å². The number of rotatable bonds is 3. The Labute approximate surface area is 68.7 Å². The molecule has 1 N–H and O–H groups in total. The topological polar surface area (TPSA) is 37.3 Å². The Morgan fingerprint density at radius 2 is 2.10 bits per heavy atom. The molecule has 1 unspecified atom stereocenters. The van der Waals surface area contributed by atoms with Crippen molar-refractivity contribution in [2.24, 2.45) is 5.92 Å². The van der Waals surface area contributed by atoms with Crippen molar-refractivity contribution in [3.8, 4) is 0 Å². The lowest BCUT2D eigenvalue weighted by Crippen LogP contribution is -2.07. The van der Waals surface area contributed by atoms with E-state index in [1.807, 2.05) is 0 Å². The molecule has 0 aliphatic heterocycles. The number of carboxylic acids is 1. The van der Waals surface area contributed by atoms with Crippen LogP contribution in [0.3, 0.4) is 0 Å². The van der Waals surface area contributed by atoms with Crippen LogP contribution in [-0.4, -0.2) is 11.1 Å². The highest BCUT2D eigenvalue weighted by atomic mass is 35.5. The highest BCUT2D eigenvalue weighted by Crippen LogP contribution is 2.12. The highest BCUT2D eigenvalue weighted by molar-refractivity contribution is 6.55.